The van der Waals surface area contributed by atoms with E-state index in [2.05, 4.69) is 53.9 Å². The van der Waals surface area contributed by atoms with Gasteiger partial charge in [-0.05, 0) is 26.2 Å². The molecule has 7 heteroatoms. The summed E-state index contributed by atoms with van der Waals surface area (Å²) >= 11 is 0. The molecule has 0 aromatic rings. The average Bonchev–Trinajstić information content (AvgIpc) is 2.79. The maximum Gasteiger partial charge on any atom is 0.104 e. The van der Waals surface area contributed by atoms with E-state index in [1.54, 1.807) is 6.08 Å². The molecule has 1 atom stereocenters. The van der Waals surface area contributed by atoms with Crippen molar-refractivity contribution in [2.45, 2.75) is 33.8 Å². The lowest BCUT2D eigenvalue weighted by atomic mass is 10.3. The predicted molar refractivity (Wildman–Crippen MR) is 130 cm³/mol. The molecule has 0 radical (unpaired) electrons. The molecule has 1 aliphatic heterocycles. The minimum absolute atomic E-state index is 0.0321. The molecular formula is C24H50N4O3. The Morgan fingerprint density at radius 3 is 1.65 bits per heavy atom. The van der Waals surface area contributed by atoms with Crippen LogP contribution >= 0.6 is 0 Å². The lowest BCUT2D eigenvalue weighted by Gasteiger charge is -2.30. The third kappa shape index (κ3) is 13.6. The summed E-state index contributed by atoms with van der Waals surface area (Å²) in [6.45, 7) is 28.7. The third-order valence-corrected chi connectivity index (χ3v) is 6.14. The van der Waals surface area contributed by atoms with Crippen molar-refractivity contribution in [3.63, 3.8) is 0 Å². The Hall–Kier alpha value is -0.540. The highest BCUT2D eigenvalue weighted by atomic mass is 16.6. The number of rotatable bonds is 8. The SMILES string of the molecule is C=CCOCC1COCCN(CC)CCN(CC)CCN(CC)CCN(CC)CCO1. The molecule has 0 spiro atoms. The highest BCUT2D eigenvalue weighted by Crippen LogP contribution is 2.01. The number of likely N-dealkylation sites (N-methyl/N-ethyl adjacent to an activating group) is 4. The first kappa shape index (κ1) is 28.5. The van der Waals surface area contributed by atoms with Gasteiger partial charge in [0.05, 0.1) is 33.0 Å². The maximum absolute atomic E-state index is 6.14. The molecule has 0 N–H and O–H groups in total. The minimum Gasteiger partial charge on any atom is -0.377 e. The van der Waals surface area contributed by atoms with Gasteiger partial charge in [-0.25, -0.2) is 0 Å². The van der Waals surface area contributed by atoms with E-state index in [1.807, 2.05) is 0 Å². The lowest BCUT2D eigenvalue weighted by Crippen LogP contribution is -2.43. The second-order valence-corrected chi connectivity index (χ2v) is 8.13. The van der Waals surface area contributed by atoms with Gasteiger partial charge in [-0.15, -0.1) is 6.58 Å². The first-order valence-corrected chi connectivity index (χ1v) is 12.4. The fraction of sp³-hybridized carbons (Fsp3) is 0.917. The molecular weight excluding hydrogens is 392 g/mol. The predicted octanol–water partition coefficient (Wildman–Crippen LogP) is 1.89. The summed E-state index contributed by atoms with van der Waals surface area (Å²) in [5.74, 6) is 0. The van der Waals surface area contributed by atoms with E-state index in [4.69, 9.17) is 14.2 Å². The molecule has 1 aliphatic rings. The van der Waals surface area contributed by atoms with Crippen molar-refractivity contribution < 1.29 is 14.2 Å². The fourth-order valence-corrected chi connectivity index (χ4v) is 3.74. The van der Waals surface area contributed by atoms with E-state index in [0.29, 0.717) is 26.4 Å². The van der Waals surface area contributed by atoms with Crippen molar-refractivity contribution in [3.05, 3.63) is 12.7 Å². The smallest absolute Gasteiger partial charge is 0.104 e. The van der Waals surface area contributed by atoms with Crippen LogP contribution < -0.4 is 0 Å². The first-order valence-electron chi connectivity index (χ1n) is 12.4. The molecule has 1 fully saturated rings. The van der Waals surface area contributed by atoms with Crippen LogP contribution in [0, 0.1) is 0 Å². The van der Waals surface area contributed by atoms with Crippen molar-refractivity contribution in [2.75, 3.05) is 112 Å². The molecule has 0 amide bonds. The van der Waals surface area contributed by atoms with Gasteiger partial charge in [-0.1, -0.05) is 33.8 Å². The maximum atomic E-state index is 6.14. The van der Waals surface area contributed by atoms with Gasteiger partial charge in [0.25, 0.3) is 0 Å². The Morgan fingerprint density at radius 1 is 0.742 bits per heavy atom. The van der Waals surface area contributed by atoms with Gasteiger partial charge in [0.1, 0.15) is 6.10 Å². The Bertz CT molecular complexity index is 428. The molecule has 7 nitrogen and oxygen atoms in total. The summed E-state index contributed by atoms with van der Waals surface area (Å²) in [4.78, 5) is 10.1. The van der Waals surface area contributed by atoms with E-state index in [-0.39, 0.29) is 6.10 Å². The van der Waals surface area contributed by atoms with Crippen molar-refractivity contribution >= 4 is 0 Å². The topological polar surface area (TPSA) is 40.7 Å². The average molecular weight is 443 g/mol. The van der Waals surface area contributed by atoms with Gasteiger partial charge >= 0.3 is 0 Å². The van der Waals surface area contributed by atoms with E-state index in [1.165, 1.54) is 0 Å². The molecule has 0 aliphatic carbocycles. The Balaban J connectivity index is 2.70. The summed E-state index contributed by atoms with van der Waals surface area (Å²) in [7, 11) is 0. The summed E-state index contributed by atoms with van der Waals surface area (Å²) < 4.78 is 17.8. The summed E-state index contributed by atoms with van der Waals surface area (Å²) in [6.07, 6.45) is 1.74. The quantitative estimate of drug-likeness (QED) is 0.420. The molecule has 1 rings (SSSR count). The number of nitrogens with zero attached hydrogens (tertiary/aromatic N) is 4. The molecule has 1 saturated heterocycles. The Morgan fingerprint density at radius 2 is 1.19 bits per heavy atom. The number of hydrogen-bond acceptors (Lipinski definition) is 7. The van der Waals surface area contributed by atoms with Crippen LogP contribution in [0.25, 0.3) is 0 Å². The molecule has 0 aromatic heterocycles. The van der Waals surface area contributed by atoms with Gasteiger partial charge in [0.2, 0.25) is 0 Å². The molecule has 0 aromatic carbocycles. The summed E-state index contributed by atoms with van der Waals surface area (Å²) in [5, 5.41) is 0. The number of hydrogen-bond donors (Lipinski definition) is 0. The van der Waals surface area contributed by atoms with Gasteiger partial charge < -0.3 is 33.8 Å². The summed E-state index contributed by atoms with van der Waals surface area (Å²) in [6, 6.07) is 0. The van der Waals surface area contributed by atoms with Crippen LogP contribution in [0.3, 0.4) is 0 Å². The molecule has 0 saturated carbocycles. The van der Waals surface area contributed by atoms with Gasteiger partial charge in [0, 0.05) is 52.4 Å². The monoisotopic (exact) mass is 442 g/mol. The van der Waals surface area contributed by atoms with Crippen molar-refractivity contribution in [2.24, 2.45) is 0 Å². The minimum atomic E-state index is -0.0321. The molecule has 0 bridgehead atoms. The molecule has 1 heterocycles. The second kappa shape index (κ2) is 19.0. The number of ether oxygens (including phenoxy) is 3. The van der Waals surface area contributed by atoms with Crippen LogP contribution in [-0.2, 0) is 14.2 Å². The first-order chi connectivity index (χ1) is 15.2. The fourth-order valence-electron chi connectivity index (χ4n) is 3.74. The lowest BCUT2D eigenvalue weighted by molar-refractivity contribution is -0.0622. The van der Waals surface area contributed by atoms with Crippen LogP contribution in [0.1, 0.15) is 27.7 Å². The van der Waals surface area contributed by atoms with E-state index in [0.717, 1.165) is 85.1 Å². The van der Waals surface area contributed by atoms with Gasteiger partial charge in [0.15, 0.2) is 0 Å². The van der Waals surface area contributed by atoms with Crippen LogP contribution in [0.2, 0.25) is 0 Å². The van der Waals surface area contributed by atoms with E-state index < -0.39 is 0 Å². The Labute approximate surface area is 192 Å². The standard InChI is InChI=1S/C24H50N4O3/c1-6-19-29-22-24-23-30-20-17-27(9-4)15-13-25(7-2)11-12-26(8-3)14-16-28(10-5)18-21-31-24/h6,24H,1,7-23H2,2-5H3. The van der Waals surface area contributed by atoms with Crippen molar-refractivity contribution in [3.8, 4) is 0 Å². The van der Waals surface area contributed by atoms with Crippen LogP contribution in [0.5, 0.6) is 0 Å². The van der Waals surface area contributed by atoms with Crippen LogP contribution in [0.4, 0.5) is 0 Å². The van der Waals surface area contributed by atoms with Crippen LogP contribution in [0.15, 0.2) is 12.7 Å². The van der Waals surface area contributed by atoms with Crippen molar-refractivity contribution in [1.82, 2.24) is 19.6 Å². The second-order valence-electron chi connectivity index (χ2n) is 8.13. The zero-order chi connectivity index (χ0) is 22.7. The molecule has 184 valence electrons. The zero-order valence-corrected chi connectivity index (χ0v) is 20.9. The van der Waals surface area contributed by atoms with E-state index >= 15 is 0 Å². The molecule has 1 unspecified atom stereocenters. The zero-order valence-electron chi connectivity index (χ0n) is 20.9. The largest absolute Gasteiger partial charge is 0.377 e. The van der Waals surface area contributed by atoms with Gasteiger partial charge in [-0.3, -0.25) is 0 Å². The summed E-state index contributed by atoms with van der Waals surface area (Å²) in [5.41, 5.74) is 0. The Kier molecular flexibility index (Phi) is 17.4. The highest BCUT2D eigenvalue weighted by Gasteiger charge is 2.14. The van der Waals surface area contributed by atoms with E-state index in [9.17, 15) is 0 Å². The van der Waals surface area contributed by atoms with Crippen LogP contribution in [-0.4, -0.2) is 137 Å². The molecule has 31 heavy (non-hydrogen) atoms. The highest BCUT2D eigenvalue weighted by molar-refractivity contribution is 4.68. The van der Waals surface area contributed by atoms with Gasteiger partial charge in [-0.2, -0.15) is 0 Å². The van der Waals surface area contributed by atoms with Crippen molar-refractivity contribution in [1.29, 1.82) is 0 Å². The third-order valence-electron chi connectivity index (χ3n) is 6.14. The normalized spacial score (nSPS) is 23.9.